The maximum absolute atomic E-state index is 13.2. The Hall–Kier alpha value is -4.21. The minimum atomic E-state index is -0.638. The lowest BCUT2D eigenvalue weighted by Gasteiger charge is -2.09. The fraction of sp³-hybridized carbons (Fsp3) is 0.217. The summed E-state index contributed by atoms with van der Waals surface area (Å²) in [5.41, 5.74) is 2.44. The van der Waals surface area contributed by atoms with Crippen LogP contribution in [0.2, 0.25) is 0 Å². The molecular formula is C23H23FN4O5. The first-order chi connectivity index (χ1) is 15.9. The fourth-order valence-electron chi connectivity index (χ4n) is 3.00. The molecule has 0 spiro atoms. The van der Waals surface area contributed by atoms with Crippen LogP contribution in [0.4, 0.5) is 4.39 Å². The Morgan fingerprint density at radius 1 is 1.15 bits per heavy atom. The Bertz CT molecular complexity index is 1170. The second-order valence-electron chi connectivity index (χ2n) is 6.76. The van der Waals surface area contributed by atoms with Crippen LogP contribution in [-0.2, 0) is 32.9 Å². The summed E-state index contributed by atoms with van der Waals surface area (Å²) in [5, 5.41) is 12.1. The molecule has 1 aromatic heterocycles. The summed E-state index contributed by atoms with van der Waals surface area (Å²) in [6, 6.07) is 12.7. The summed E-state index contributed by atoms with van der Waals surface area (Å²) in [6.07, 6.45) is 1.48. The predicted molar refractivity (Wildman–Crippen MR) is 119 cm³/mol. The maximum atomic E-state index is 13.2. The molecule has 2 aromatic carbocycles. The van der Waals surface area contributed by atoms with E-state index >= 15 is 0 Å². The number of oxime groups is 2. The Labute approximate surface area is 190 Å². The van der Waals surface area contributed by atoms with E-state index in [2.05, 4.69) is 15.4 Å². The Balaban J connectivity index is 1.77. The molecule has 0 fully saturated rings. The summed E-state index contributed by atoms with van der Waals surface area (Å²) in [7, 11) is 4.33. The lowest BCUT2D eigenvalue weighted by molar-refractivity contribution is -0.132. The van der Waals surface area contributed by atoms with E-state index < -0.39 is 5.97 Å². The Morgan fingerprint density at radius 3 is 2.58 bits per heavy atom. The highest BCUT2D eigenvalue weighted by atomic mass is 19.1. The summed E-state index contributed by atoms with van der Waals surface area (Å²) in [5.74, 6) is -0.116. The molecule has 0 aliphatic heterocycles. The predicted octanol–water partition coefficient (Wildman–Crippen LogP) is 3.73. The van der Waals surface area contributed by atoms with E-state index in [0.29, 0.717) is 34.0 Å². The molecule has 0 aliphatic carbocycles. The second-order valence-corrected chi connectivity index (χ2v) is 6.76. The van der Waals surface area contributed by atoms with Gasteiger partial charge in [0.05, 0.1) is 24.6 Å². The average molecular weight is 454 g/mol. The van der Waals surface area contributed by atoms with Crippen molar-refractivity contribution in [1.82, 2.24) is 9.78 Å². The van der Waals surface area contributed by atoms with Gasteiger partial charge in [-0.3, -0.25) is 0 Å². The number of carbonyl (C=O) groups excluding carboxylic acids is 1. The molecule has 172 valence electrons. The number of methoxy groups -OCH3 is 1. The van der Waals surface area contributed by atoms with Crippen LogP contribution in [0, 0.1) is 12.7 Å². The fourth-order valence-corrected chi connectivity index (χ4v) is 3.00. The van der Waals surface area contributed by atoms with Gasteiger partial charge in [-0.25, -0.2) is 13.9 Å². The number of aromatic nitrogens is 2. The summed E-state index contributed by atoms with van der Waals surface area (Å²) in [6.45, 7) is 1.86. The van der Waals surface area contributed by atoms with Gasteiger partial charge in [-0.15, -0.1) is 0 Å². The smallest absolute Gasteiger partial charge is 0.360 e. The third-order valence-electron chi connectivity index (χ3n) is 4.55. The molecule has 0 atom stereocenters. The number of esters is 1. The first kappa shape index (κ1) is 23.5. The van der Waals surface area contributed by atoms with Crippen molar-refractivity contribution < 1.29 is 28.3 Å². The van der Waals surface area contributed by atoms with Crippen LogP contribution in [0.15, 0.2) is 58.8 Å². The van der Waals surface area contributed by atoms with Crippen LogP contribution in [0.1, 0.15) is 22.4 Å². The van der Waals surface area contributed by atoms with Gasteiger partial charge in [-0.1, -0.05) is 34.6 Å². The van der Waals surface area contributed by atoms with Crippen LogP contribution in [0.3, 0.4) is 0 Å². The molecule has 33 heavy (non-hydrogen) atoms. The Kier molecular flexibility index (Phi) is 7.74. The molecule has 3 rings (SSSR count). The molecule has 10 heteroatoms. The lowest BCUT2D eigenvalue weighted by Crippen LogP contribution is -2.19. The van der Waals surface area contributed by atoms with Gasteiger partial charge in [0.15, 0.2) is 5.71 Å². The van der Waals surface area contributed by atoms with Gasteiger partial charge in [0.25, 0.3) is 0 Å². The standard InChI is InChI=1S/C23H23FN4O5/c1-15-20(22(28(2)26-15)33-18-11-9-17(24)10-12-18)13-25-32-14-16-7-5-6-8-19(16)21(27-31-4)23(29)30-3/h5-13H,14H2,1-4H3/b25-13+,27-21+. The minimum absolute atomic E-state index is 0.0151. The van der Waals surface area contributed by atoms with E-state index in [0.717, 1.165) is 0 Å². The number of benzene rings is 2. The first-order valence-electron chi connectivity index (χ1n) is 9.84. The first-order valence-corrected chi connectivity index (χ1v) is 9.84. The molecule has 9 nitrogen and oxygen atoms in total. The molecule has 0 amide bonds. The largest absolute Gasteiger partial charge is 0.464 e. The van der Waals surface area contributed by atoms with Gasteiger partial charge in [-0.2, -0.15) is 5.10 Å². The van der Waals surface area contributed by atoms with Gasteiger partial charge in [0, 0.05) is 18.2 Å². The summed E-state index contributed by atoms with van der Waals surface area (Å²) in [4.78, 5) is 22.3. The number of halogens is 1. The van der Waals surface area contributed by atoms with E-state index in [1.54, 1.807) is 42.9 Å². The molecule has 0 N–H and O–H groups in total. The average Bonchev–Trinajstić information content (AvgIpc) is 3.08. The number of carbonyl (C=O) groups is 1. The van der Waals surface area contributed by atoms with Crippen molar-refractivity contribution in [2.75, 3.05) is 14.2 Å². The zero-order chi connectivity index (χ0) is 23.8. The van der Waals surface area contributed by atoms with Gasteiger partial charge >= 0.3 is 5.97 Å². The lowest BCUT2D eigenvalue weighted by atomic mass is 10.0. The third kappa shape index (κ3) is 5.73. The van der Waals surface area contributed by atoms with Crippen molar-refractivity contribution in [2.24, 2.45) is 17.4 Å². The molecule has 0 bridgehead atoms. The van der Waals surface area contributed by atoms with Crippen molar-refractivity contribution in [2.45, 2.75) is 13.5 Å². The number of aryl methyl sites for hydroxylation is 2. The molecule has 0 radical (unpaired) electrons. The highest BCUT2D eigenvalue weighted by molar-refractivity contribution is 6.43. The minimum Gasteiger partial charge on any atom is -0.464 e. The number of hydrogen-bond donors (Lipinski definition) is 0. The number of hydrogen-bond acceptors (Lipinski definition) is 8. The normalized spacial score (nSPS) is 11.5. The van der Waals surface area contributed by atoms with E-state index in [9.17, 15) is 9.18 Å². The Morgan fingerprint density at radius 2 is 1.88 bits per heavy atom. The zero-order valence-corrected chi connectivity index (χ0v) is 18.6. The van der Waals surface area contributed by atoms with Crippen molar-refractivity contribution in [3.05, 3.63) is 76.7 Å². The van der Waals surface area contributed by atoms with E-state index in [-0.39, 0.29) is 18.1 Å². The topological polar surface area (TPSA) is 96.5 Å². The zero-order valence-electron chi connectivity index (χ0n) is 18.6. The van der Waals surface area contributed by atoms with Crippen molar-refractivity contribution in [1.29, 1.82) is 0 Å². The number of ether oxygens (including phenoxy) is 2. The van der Waals surface area contributed by atoms with Gasteiger partial charge in [-0.05, 0) is 31.2 Å². The molecular weight excluding hydrogens is 431 g/mol. The molecule has 3 aromatic rings. The SMILES string of the molecule is CO/N=C(/C(=O)OC)c1ccccc1CO/N=C/c1c(C)nn(C)c1Oc1ccc(F)cc1. The van der Waals surface area contributed by atoms with Gasteiger partial charge in [0.2, 0.25) is 5.88 Å². The van der Waals surface area contributed by atoms with Gasteiger partial charge < -0.3 is 19.1 Å². The summed E-state index contributed by atoms with van der Waals surface area (Å²) < 4.78 is 25.4. The number of rotatable bonds is 9. The molecule has 1 heterocycles. The highest BCUT2D eigenvalue weighted by Gasteiger charge is 2.19. The van der Waals surface area contributed by atoms with E-state index in [1.807, 2.05) is 0 Å². The third-order valence-corrected chi connectivity index (χ3v) is 4.55. The maximum Gasteiger partial charge on any atom is 0.360 e. The van der Waals surface area contributed by atoms with Crippen LogP contribution in [-0.4, -0.2) is 41.9 Å². The molecule has 0 saturated heterocycles. The molecule has 0 aliphatic rings. The van der Waals surface area contributed by atoms with Gasteiger partial charge in [0.1, 0.15) is 25.3 Å². The highest BCUT2D eigenvalue weighted by Crippen LogP contribution is 2.26. The quantitative estimate of drug-likeness (QED) is 0.278. The monoisotopic (exact) mass is 454 g/mol. The van der Waals surface area contributed by atoms with Crippen molar-refractivity contribution >= 4 is 17.9 Å². The molecule has 0 saturated carbocycles. The van der Waals surface area contributed by atoms with E-state index in [4.69, 9.17) is 19.1 Å². The van der Waals surface area contributed by atoms with Crippen LogP contribution >= 0.6 is 0 Å². The van der Waals surface area contributed by atoms with Crippen molar-refractivity contribution in [3.8, 4) is 11.6 Å². The van der Waals surface area contributed by atoms with Crippen LogP contribution < -0.4 is 4.74 Å². The molecule has 0 unspecified atom stereocenters. The van der Waals surface area contributed by atoms with E-state index in [1.165, 1.54) is 44.7 Å². The second kappa shape index (κ2) is 10.9. The van der Waals surface area contributed by atoms with Crippen LogP contribution in [0.25, 0.3) is 0 Å². The summed E-state index contributed by atoms with van der Waals surface area (Å²) >= 11 is 0. The van der Waals surface area contributed by atoms with Crippen LogP contribution in [0.5, 0.6) is 11.6 Å². The van der Waals surface area contributed by atoms with Crippen molar-refractivity contribution in [3.63, 3.8) is 0 Å². The number of nitrogens with zero attached hydrogens (tertiary/aromatic N) is 4.